The highest BCUT2D eigenvalue weighted by Crippen LogP contribution is 2.19. The number of carboxylic acid groups (broad SMARTS) is 1. The standard InChI is InChI=1S/C76H141NO8/c1-6-8-10-12-14-16-18-20-22-24-26-27-28-29-30-31-32-33-34-35-36-37-38-39-40-41-42-43-44-45-46-47-49-51-53-55-57-59-61-63-65-67-74(79)85-72(71-84-76(75(80)81)82-69-68-77(3,4)5)70-83-73(78)66-64-62-60-58-56-54-52-50-48-25-23-21-19-17-15-13-11-9-7-2/h18,20-21,23-24,26,28-29,72,76H,6-17,19,22,25,27,30-71H2,1-5H3/p+1/b20-18-,23-21-,26-24-,29-28-. The molecule has 0 bridgehead atoms. The summed E-state index contributed by atoms with van der Waals surface area (Å²) in [6.45, 7) is 4.91. The maximum Gasteiger partial charge on any atom is 0.361 e. The van der Waals surface area contributed by atoms with Crippen LogP contribution in [0.25, 0.3) is 0 Å². The molecule has 0 aromatic rings. The Morgan fingerprint density at radius 3 is 0.953 bits per heavy atom. The number of unbranched alkanes of at least 4 members (excludes halogenated alkanes) is 46. The summed E-state index contributed by atoms with van der Waals surface area (Å²) in [5.74, 6) is -1.98. The smallest absolute Gasteiger partial charge is 0.361 e. The first-order chi connectivity index (χ1) is 41.6. The van der Waals surface area contributed by atoms with Crippen molar-refractivity contribution in [1.29, 1.82) is 0 Å². The highest BCUT2D eigenvalue weighted by molar-refractivity contribution is 5.71. The molecule has 2 atom stereocenters. The molecule has 0 radical (unpaired) electrons. The monoisotopic (exact) mass is 1200 g/mol. The highest BCUT2D eigenvalue weighted by atomic mass is 16.7. The van der Waals surface area contributed by atoms with Gasteiger partial charge in [0.15, 0.2) is 6.10 Å². The Labute approximate surface area is 527 Å². The van der Waals surface area contributed by atoms with Gasteiger partial charge in [0.2, 0.25) is 0 Å². The number of hydrogen-bond donors (Lipinski definition) is 1. The van der Waals surface area contributed by atoms with Gasteiger partial charge in [-0.25, -0.2) is 4.79 Å². The quantitative estimate of drug-likeness (QED) is 0.0211. The summed E-state index contributed by atoms with van der Waals surface area (Å²) in [6.07, 6.45) is 83.9. The molecule has 0 aromatic heterocycles. The maximum absolute atomic E-state index is 12.9. The van der Waals surface area contributed by atoms with E-state index in [2.05, 4.69) is 62.5 Å². The van der Waals surface area contributed by atoms with Gasteiger partial charge in [-0.3, -0.25) is 9.59 Å². The van der Waals surface area contributed by atoms with Crippen LogP contribution in [0.3, 0.4) is 0 Å². The number of likely N-dealkylation sites (N-methyl/N-ethyl adjacent to an activating group) is 1. The van der Waals surface area contributed by atoms with Gasteiger partial charge in [0.05, 0.1) is 34.4 Å². The van der Waals surface area contributed by atoms with Gasteiger partial charge in [-0.2, -0.15) is 0 Å². The van der Waals surface area contributed by atoms with Crippen LogP contribution in [0.5, 0.6) is 0 Å². The summed E-state index contributed by atoms with van der Waals surface area (Å²) >= 11 is 0. The van der Waals surface area contributed by atoms with E-state index < -0.39 is 18.4 Å². The molecule has 0 aliphatic heterocycles. The molecule has 0 saturated heterocycles. The highest BCUT2D eigenvalue weighted by Gasteiger charge is 2.25. The van der Waals surface area contributed by atoms with Gasteiger partial charge in [0.1, 0.15) is 13.2 Å². The third-order valence-electron chi connectivity index (χ3n) is 16.6. The van der Waals surface area contributed by atoms with Crippen LogP contribution in [0.4, 0.5) is 0 Å². The van der Waals surface area contributed by atoms with E-state index >= 15 is 0 Å². The first kappa shape index (κ1) is 82.2. The number of nitrogens with zero attached hydrogens (tertiary/aromatic N) is 1. The van der Waals surface area contributed by atoms with Gasteiger partial charge in [0, 0.05) is 12.8 Å². The predicted molar refractivity (Wildman–Crippen MR) is 364 cm³/mol. The lowest BCUT2D eigenvalue weighted by molar-refractivity contribution is -0.870. The van der Waals surface area contributed by atoms with E-state index in [9.17, 15) is 19.5 Å². The Morgan fingerprint density at radius 1 is 0.353 bits per heavy atom. The SMILES string of the molecule is CCCCCCC/C=C\C/C=C\C/C=C\CCCCCCCCCCCCCCCCCCCCCCCCCCCCC(=O)OC(COC(=O)CCCCCCCCCCC/C=C\CCCCCCCC)COC(OCC[N+](C)(C)C)C(=O)O. The fraction of sp³-hybridized carbons (Fsp3) is 0.855. The molecule has 0 heterocycles. The molecular weight excluding hydrogens is 1050 g/mol. The third kappa shape index (κ3) is 68.6. The molecule has 498 valence electrons. The van der Waals surface area contributed by atoms with Crippen LogP contribution in [0, 0.1) is 0 Å². The second-order valence-corrected chi connectivity index (χ2v) is 26.3. The van der Waals surface area contributed by atoms with Gasteiger partial charge in [-0.1, -0.05) is 319 Å². The zero-order chi connectivity index (χ0) is 61.9. The van der Waals surface area contributed by atoms with Crippen molar-refractivity contribution in [3.8, 4) is 0 Å². The van der Waals surface area contributed by atoms with Gasteiger partial charge < -0.3 is 28.5 Å². The second-order valence-electron chi connectivity index (χ2n) is 26.3. The van der Waals surface area contributed by atoms with Crippen molar-refractivity contribution in [3.05, 3.63) is 48.6 Å². The number of aliphatic carboxylic acids is 1. The van der Waals surface area contributed by atoms with E-state index in [1.807, 2.05) is 21.1 Å². The van der Waals surface area contributed by atoms with Gasteiger partial charge >= 0.3 is 17.9 Å². The minimum atomic E-state index is -1.51. The lowest BCUT2D eigenvalue weighted by Gasteiger charge is -2.25. The second kappa shape index (κ2) is 67.2. The number of rotatable bonds is 69. The van der Waals surface area contributed by atoms with Crippen molar-refractivity contribution < 1.29 is 42.9 Å². The first-order valence-electron chi connectivity index (χ1n) is 36.8. The van der Waals surface area contributed by atoms with E-state index in [0.29, 0.717) is 17.4 Å². The van der Waals surface area contributed by atoms with Crippen LogP contribution in [-0.4, -0.2) is 87.4 Å². The molecule has 2 unspecified atom stereocenters. The number of carbonyl (C=O) groups excluding carboxylic acids is 2. The molecule has 9 nitrogen and oxygen atoms in total. The lowest BCUT2D eigenvalue weighted by Crippen LogP contribution is -2.40. The molecule has 0 saturated carbocycles. The van der Waals surface area contributed by atoms with E-state index in [4.69, 9.17) is 18.9 Å². The summed E-state index contributed by atoms with van der Waals surface area (Å²) in [4.78, 5) is 37.6. The predicted octanol–water partition coefficient (Wildman–Crippen LogP) is 22.9. The molecule has 9 heteroatoms. The Balaban J connectivity index is 3.94. The van der Waals surface area contributed by atoms with Gasteiger partial charge in [0.25, 0.3) is 6.29 Å². The normalized spacial score (nSPS) is 12.9. The van der Waals surface area contributed by atoms with Crippen LogP contribution in [0.1, 0.15) is 361 Å². The van der Waals surface area contributed by atoms with E-state index in [1.165, 1.54) is 283 Å². The summed E-state index contributed by atoms with van der Waals surface area (Å²) in [7, 11) is 5.99. The van der Waals surface area contributed by atoms with Crippen LogP contribution in [-0.2, 0) is 33.3 Å². The molecule has 0 aliphatic rings. The van der Waals surface area contributed by atoms with Crippen molar-refractivity contribution in [2.24, 2.45) is 0 Å². The van der Waals surface area contributed by atoms with Crippen molar-refractivity contribution in [3.63, 3.8) is 0 Å². The number of quaternary nitrogens is 1. The molecule has 1 N–H and O–H groups in total. The summed E-state index contributed by atoms with van der Waals surface area (Å²) in [5.41, 5.74) is 0. The number of ether oxygens (including phenoxy) is 4. The number of hydrogen-bond acceptors (Lipinski definition) is 7. The van der Waals surface area contributed by atoms with E-state index in [-0.39, 0.29) is 38.2 Å². The lowest BCUT2D eigenvalue weighted by atomic mass is 10.0. The molecule has 0 aliphatic carbocycles. The van der Waals surface area contributed by atoms with Crippen molar-refractivity contribution in [1.82, 2.24) is 0 Å². The number of carboxylic acids is 1. The minimum Gasteiger partial charge on any atom is -0.477 e. The Bertz CT molecular complexity index is 1530. The third-order valence-corrected chi connectivity index (χ3v) is 16.6. The minimum absolute atomic E-state index is 0.178. The Hall–Kier alpha value is -2.75. The summed E-state index contributed by atoms with van der Waals surface area (Å²) in [5, 5.41) is 9.74. The molecule has 0 spiro atoms. The average Bonchev–Trinajstić information content (AvgIpc) is 3.49. The number of allylic oxidation sites excluding steroid dienone is 8. The van der Waals surface area contributed by atoms with E-state index in [1.54, 1.807) is 0 Å². The average molecular weight is 1200 g/mol. The Kier molecular flexibility index (Phi) is 65.0. The molecule has 85 heavy (non-hydrogen) atoms. The van der Waals surface area contributed by atoms with Crippen LogP contribution < -0.4 is 0 Å². The van der Waals surface area contributed by atoms with Crippen molar-refractivity contribution >= 4 is 17.9 Å². The molecule has 0 amide bonds. The Morgan fingerprint density at radius 2 is 0.635 bits per heavy atom. The van der Waals surface area contributed by atoms with Crippen molar-refractivity contribution in [2.75, 3.05) is 47.5 Å². The first-order valence-corrected chi connectivity index (χ1v) is 36.8. The molecule has 0 aromatic carbocycles. The van der Waals surface area contributed by atoms with E-state index in [0.717, 1.165) is 51.4 Å². The van der Waals surface area contributed by atoms with Crippen LogP contribution in [0.2, 0.25) is 0 Å². The maximum atomic E-state index is 12.9. The van der Waals surface area contributed by atoms with Crippen LogP contribution in [0.15, 0.2) is 48.6 Å². The largest absolute Gasteiger partial charge is 0.477 e. The summed E-state index contributed by atoms with van der Waals surface area (Å²) in [6, 6.07) is 0. The van der Waals surface area contributed by atoms with Gasteiger partial charge in [-0.05, 0) is 77.0 Å². The molecular formula is C76H142NO8+. The van der Waals surface area contributed by atoms with Crippen LogP contribution >= 0.6 is 0 Å². The fourth-order valence-electron chi connectivity index (χ4n) is 10.9. The summed E-state index contributed by atoms with van der Waals surface area (Å²) < 4.78 is 23.0. The zero-order valence-electron chi connectivity index (χ0n) is 57.0. The molecule has 0 rings (SSSR count). The van der Waals surface area contributed by atoms with Gasteiger partial charge in [-0.15, -0.1) is 0 Å². The topological polar surface area (TPSA) is 108 Å². The number of carbonyl (C=O) groups is 3. The zero-order valence-corrected chi connectivity index (χ0v) is 57.0. The number of esters is 2. The van der Waals surface area contributed by atoms with Crippen molar-refractivity contribution in [2.45, 2.75) is 373 Å². The molecule has 0 fully saturated rings. The fourth-order valence-corrected chi connectivity index (χ4v) is 10.9.